The second-order valence-electron chi connectivity index (χ2n) is 18.9. The Labute approximate surface area is 438 Å². The molecule has 2 aromatic carbocycles. The lowest BCUT2D eigenvalue weighted by atomic mass is 10.0. The van der Waals surface area contributed by atoms with Crippen molar-refractivity contribution in [2.75, 3.05) is 62.0 Å². The first-order chi connectivity index (χ1) is 36.6. The normalized spacial score (nSPS) is 15.3. The number of primary amides is 1. The van der Waals surface area contributed by atoms with Gasteiger partial charge in [0.05, 0.1) is 24.3 Å². The molecule has 0 bridgehead atoms. The van der Waals surface area contributed by atoms with Gasteiger partial charge in [0.15, 0.2) is 18.2 Å². The molecule has 1 unspecified atom stereocenters. The van der Waals surface area contributed by atoms with Crippen LogP contribution in [0.15, 0.2) is 77.7 Å². The first-order valence-electron chi connectivity index (χ1n) is 25.3. The molecule has 3 aliphatic heterocycles. The van der Waals surface area contributed by atoms with Crippen molar-refractivity contribution in [2.45, 2.75) is 96.5 Å². The Morgan fingerprint density at radius 1 is 0.882 bits per heavy atom. The summed E-state index contributed by atoms with van der Waals surface area (Å²) in [6, 6.07) is 12.1. The molecule has 7 rings (SSSR count). The second-order valence-corrected chi connectivity index (χ2v) is 18.9. The van der Waals surface area contributed by atoms with Crippen LogP contribution in [0.5, 0.6) is 11.5 Å². The molecule has 0 radical (unpaired) electrons. The van der Waals surface area contributed by atoms with E-state index in [-0.39, 0.29) is 98.3 Å². The Morgan fingerprint density at radius 3 is 2.34 bits per heavy atom. The number of aromatic nitrogens is 3. The van der Waals surface area contributed by atoms with E-state index in [0.29, 0.717) is 92.1 Å². The molecule has 76 heavy (non-hydrogen) atoms. The van der Waals surface area contributed by atoms with Crippen molar-refractivity contribution in [1.82, 2.24) is 40.3 Å². The molecule has 4 aromatic rings. The molecule has 1 saturated heterocycles. The van der Waals surface area contributed by atoms with Gasteiger partial charge >= 0.3 is 12.1 Å². The van der Waals surface area contributed by atoms with Crippen LogP contribution in [-0.2, 0) is 46.7 Å². The highest BCUT2D eigenvalue weighted by atomic mass is 16.6. The fraction of sp³-hybridized carbons (Fsp3) is 0.442. The van der Waals surface area contributed by atoms with Crippen LogP contribution in [0, 0.1) is 5.92 Å². The number of nitrogens with zero attached hydrogens (tertiary/aromatic N) is 6. The van der Waals surface area contributed by atoms with Gasteiger partial charge in [0.2, 0.25) is 17.7 Å². The van der Waals surface area contributed by atoms with Crippen LogP contribution in [0.25, 0.3) is 11.0 Å². The predicted molar refractivity (Wildman–Crippen MR) is 278 cm³/mol. The van der Waals surface area contributed by atoms with E-state index in [1.807, 2.05) is 0 Å². The quantitative estimate of drug-likeness (QED) is 0.0434. The number of hydrogen-bond acceptors (Lipinski definition) is 15. The molecule has 0 spiro atoms. The van der Waals surface area contributed by atoms with E-state index >= 15 is 0 Å². The smallest absolute Gasteiger partial charge is 0.416 e. The molecule has 5 heterocycles. The molecular formula is C52H64N12O12. The molecule has 7 N–H and O–H groups in total. The Kier molecular flexibility index (Phi) is 19.1. The molecule has 3 aliphatic rings. The van der Waals surface area contributed by atoms with E-state index < -0.39 is 36.0 Å². The molecule has 24 nitrogen and oxygen atoms in total. The van der Waals surface area contributed by atoms with Crippen LogP contribution < -0.4 is 52.3 Å². The van der Waals surface area contributed by atoms with Gasteiger partial charge in [-0.1, -0.05) is 32.4 Å². The fourth-order valence-electron chi connectivity index (χ4n) is 9.00. The summed E-state index contributed by atoms with van der Waals surface area (Å²) < 4.78 is 18.5. The number of anilines is 3. The Balaban J connectivity index is 0.949. The highest BCUT2D eigenvalue weighted by molar-refractivity contribution is 6.12. The monoisotopic (exact) mass is 1050 g/mol. The number of carbonyl (C=O) groups is 8. The summed E-state index contributed by atoms with van der Waals surface area (Å²) in [5, 5.41) is 13.5. The number of carbonyl (C=O) groups excluding carboxylic acids is 8. The Morgan fingerprint density at radius 2 is 1.63 bits per heavy atom. The summed E-state index contributed by atoms with van der Waals surface area (Å²) in [6.07, 6.45) is 6.17. The lowest BCUT2D eigenvalue weighted by molar-refractivity contribution is -0.137. The third-order valence-corrected chi connectivity index (χ3v) is 13.2. The van der Waals surface area contributed by atoms with Crippen LogP contribution in [0.3, 0.4) is 0 Å². The molecule has 0 aliphatic carbocycles. The maximum absolute atomic E-state index is 14.2. The Bertz CT molecular complexity index is 2870. The summed E-state index contributed by atoms with van der Waals surface area (Å²) in [4.78, 5) is 128. The number of piperidine rings is 1. The number of rotatable bonds is 24. The van der Waals surface area contributed by atoms with E-state index in [2.05, 4.69) is 41.5 Å². The summed E-state index contributed by atoms with van der Waals surface area (Å²) in [5.74, 6) is -1.59. The molecule has 0 saturated carbocycles. The highest BCUT2D eigenvalue weighted by Gasteiger charge is 2.33. The van der Waals surface area contributed by atoms with Gasteiger partial charge in [-0.2, -0.15) is 0 Å². The number of hydrogen-bond donors (Lipinski definition) is 6. The summed E-state index contributed by atoms with van der Waals surface area (Å²) >= 11 is 0. The SMILES string of the molecule is COc1ccc2ncc(=O)n(CCN3CCC(N(C(=O)OCc4ccc(NC(=O)C(CCCNC(N)=O)NC(=O)[C@@H](NC(=O)CCCCCN5C(=O)C=CC5=O)C(C)C)cc4)c4ccc5c(n4)NC(=O)CO5)CC3)c2c1. The number of methoxy groups -OCH3 is 1. The third-order valence-electron chi connectivity index (χ3n) is 13.2. The molecular weight excluding hydrogens is 985 g/mol. The second kappa shape index (κ2) is 26.2. The minimum absolute atomic E-state index is 0.102. The van der Waals surface area contributed by atoms with Gasteiger partial charge in [-0.05, 0) is 86.4 Å². The van der Waals surface area contributed by atoms with Crippen molar-refractivity contribution in [3.05, 3.63) is 88.9 Å². The molecule has 9 amide bonds. The molecule has 2 atom stereocenters. The summed E-state index contributed by atoms with van der Waals surface area (Å²) in [7, 11) is 1.56. The minimum atomic E-state index is -1.09. The lowest BCUT2D eigenvalue weighted by Crippen LogP contribution is -2.54. The number of nitrogens with two attached hydrogens (primary N) is 1. The number of benzene rings is 2. The zero-order valence-electron chi connectivity index (χ0n) is 42.7. The zero-order valence-corrected chi connectivity index (χ0v) is 42.7. The van der Waals surface area contributed by atoms with Crippen molar-refractivity contribution in [3.63, 3.8) is 0 Å². The Hall–Kier alpha value is -8.41. The first-order valence-corrected chi connectivity index (χ1v) is 25.3. The topological polar surface area (TPSA) is 308 Å². The largest absolute Gasteiger partial charge is 0.497 e. The van der Waals surface area contributed by atoms with Crippen molar-refractivity contribution >= 4 is 75.9 Å². The number of urea groups is 1. The van der Waals surface area contributed by atoms with Gasteiger partial charge in [0.1, 0.15) is 30.3 Å². The fourth-order valence-corrected chi connectivity index (χ4v) is 9.00. The number of nitrogens with one attached hydrogen (secondary N) is 5. The van der Waals surface area contributed by atoms with Gasteiger partial charge < -0.3 is 56.0 Å². The van der Waals surface area contributed by atoms with E-state index in [4.69, 9.17) is 19.9 Å². The number of likely N-dealkylation sites (tertiary alicyclic amines) is 1. The van der Waals surface area contributed by atoms with Crippen LogP contribution >= 0.6 is 0 Å². The third kappa shape index (κ3) is 14.9. The molecule has 1 fully saturated rings. The highest BCUT2D eigenvalue weighted by Crippen LogP contribution is 2.32. The number of ether oxygens (including phenoxy) is 3. The van der Waals surface area contributed by atoms with E-state index in [1.165, 1.54) is 23.2 Å². The van der Waals surface area contributed by atoms with Crippen LogP contribution in [0.2, 0.25) is 0 Å². The average molecular weight is 1050 g/mol. The van der Waals surface area contributed by atoms with Gasteiger partial charge in [-0.3, -0.25) is 43.4 Å². The summed E-state index contributed by atoms with van der Waals surface area (Å²) in [6.45, 7) is 5.73. The number of unbranched alkanes of at least 4 members (excludes halogenated alkanes) is 2. The average Bonchev–Trinajstić information content (AvgIpc) is 3.73. The van der Waals surface area contributed by atoms with Crippen LogP contribution in [0.1, 0.15) is 70.8 Å². The molecule has 24 heteroatoms. The predicted octanol–water partition coefficient (Wildman–Crippen LogP) is 2.94. The first kappa shape index (κ1) is 55.3. The minimum Gasteiger partial charge on any atom is -0.497 e. The molecule has 404 valence electrons. The van der Waals surface area contributed by atoms with Gasteiger partial charge in [0, 0.05) is 75.6 Å². The maximum Gasteiger partial charge on any atom is 0.416 e. The van der Waals surface area contributed by atoms with Crippen molar-refractivity contribution in [2.24, 2.45) is 11.7 Å². The number of amides is 9. The lowest BCUT2D eigenvalue weighted by Gasteiger charge is -2.37. The van der Waals surface area contributed by atoms with E-state index in [9.17, 15) is 43.2 Å². The van der Waals surface area contributed by atoms with Gasteiger partial charge in [0.25, 0.3) is 23.3 Å². The van der Waals surface area contributed by atoms with Crippen molar-refractivity contribution in [1.29, 1.82) is 0 Å². The number of fused-ring (bicyclic) bond motifs is 2. The standard InChI is InChI=1S/C52H64N12O12/c1-32(2)47(59-42(65)9-5-4-6-23-63-44(67)18-19-45(63)68)50(71)57-38(8-7-22-54-51(53)72)49(70)56-34-12-10-33(11-13-34)30-76-52(73)64(41-17-16-40-48(58-41)60-43(66)31-75-40)35-20-24-61(25-21-35)26-27-62-39-28-36(74-3)14-15-37(39)55-29-46(62)69/h10-19,28-29,32,35,38,47H,4-9,20-27,30-31H2,1-3H3,(H,56,70)(H,57,71)(H,59,65)(H3,53,54,72)(H,58,60,66)/t38?,47-/m0/s1. The summed E-state index contributed by atoms with van der Waals surface area (Å²) in [5.41, 5.74) is 7.29. The van der Waals surface area contributed by atoms with Crippen molar-refractivity contribution < 1.29 is 52.6 Å². The number of pyridine rings is 1. The van der Waals surface area contributed by atoms with Gasteiger partial charge in [-0.15, -0.1) is 0 Å². The van der Waals surface area contributed by atoms with E-state index in [0.717, 1.165) is 4.90 Å². The van der Waals surface area contributed by atoms with E-state index in [1.54, 1.807) is 80.1 Å². The van der Waals surface area contributed by atoms with Crippen molar-refractivity contribution in [3.8, 4) is 11.5 Å². The van der Waals surface area contributed by atoms with Crippen LogP contribution in [-0.4, -0.2) is 136 Å². The number of imide groups is 1. The molecule has 2 aromatic heterocycles. The zero-order chi connectivity index (χ0) is 54.3. The van der Waals surface area contributed by atoms with Crippen LogP contribution in [0.4, 0.5) is 26.9 Å². The van der Waals surface area contributed by atoms with Gasteiger partial charge in [-0.25, -0.2) is 19.6 Å². The maximum atomic E-state index is 14.2.